The van der Waals surface area contributed by atoms with E-state index in [4.69, 9.17) is 9.97 Å². The number of aromatic hydroxyl groups is 1. The van der Waals surface area contributed by atoms with Gasteiger partial charge in [0.1, 0.15) is 11.6 Å². The van der Waals surface area contributed by atoms with Crippen LogP contribution in [0.25, 0.3) is 77.6 Å². The van der Waals surface area contributed by atoms with Crippen molar-refractivity contribution in [1.82, 2.24) is 19.1 Å². The van der Waals surface area contributed by atoms with Crippen molar-refractivity contribution < 1.29 is 5.11 Å². The Kier molecular flexibility index (Phi) is 5.59. The molecule has 0 saturated heterocycles. The van der Waals surface area contributed by atoms with Gasteiger partial charge in [-0.25, -0.2) is 9.97 Å². The predicted molar refractivity (Wildman–Crippen MR) is 183 cm³/mol. The summed E-state index contributed by atoms with van der Waals surface area (Å²) < 4.78 is 4.62. The van der Waals surface area contributed by atoms with Crippen molar-refractivity contribution >= 4 is 43.6 Å². The summed E-state index contributed by atoms with van der Waals surface area (Å²) in [5.74, 6) is 1.07. The third-order valence-electron chi connectivity index (χ3n) is 8.68. The fourth-order valence-corrected chi connectivity index (χ4v) is 6.75. The quantitative estimate of drug-likeness (QED) is 0.226. The Morgan fingerprint density at radius 2 is 1.20 bits per heavy atom. The second kappa shape index (κ2) is 9.93. The van der Waals surface area contributed by atoms with E-state index in [1.807, 2.05) is 54.7 Å². The van der Waals surface area contributed by atoms with Crippen LogP contribution in [0, 0.1) is 0 Å². The van der Waals surface area contributed by atoms with E-state index in [1.165, 1.54) is 21.7 Å². The fraction of sp³-hybridized carbons (Fsp3) is 0. The highest BCUT2D eigenvalue weighted by Crippen LogP contribution is 2.43. The summed E-state index contributed by atoms with van der Waals surface area (Å²) in [5.41, 5.74) is 8.88. The van der Waals surface area contributed by atoms with Crippen LogP contribution in [0.1, 0.15) is 0 Å². The maximum atomic E-state index is 10.5. The van der Waals surface area contributed by atoms with Crippen molar-refractivity contribution in [2.75, 3.05) is 0 Å². The molecule has 0 unspecified atom stereocenters. The Morgan fingerprint density at radius 1 is 0.489 bits per heavy atom. The lowest BCUT2D eigenvalue weighted by atomic mass is 10.0. The summed E-state index contributed by atoms with van der Waals surface area (Å²) in [6, 6.07) is 49.5. The van der Waals surface area contributed by atoms with E-state index >= 15 is 0 Å². The number of hydrogen-bond donors (Lipinski definition) is 1. The molecular formula is C40H26N4O. The minimum absolute atomic E-state index is 0.214. The maximum absolute atomic E-state index is 10.5. The zero-order valence-corrected chi connectivity index (χ0v) is 24.2. The van der Waals surface area contributed by atoms with E-state index in [1.54, 1.807) is 6.07 Å². The van der Waals surface area contributed by atoms with Crippen LogP contribution in [0.5, 0.6) is 5.75 Å². The second-order valence-corrected chi connectivity index (χ2v) is 11.2. The molecule has 1 N–H and O–H groups in total. The Labute approximate surface area is 258 Å². The van der Waals surface area contributed by atoms with Crippen molar-refractivity contribution in [3.05, 3.63) is 152 Å². The Hall–Kier alpha value is -6.20. The molecule has 0 atom stereocenters. The first kappa shape index (κ1) is 25.3. The van der Waals surface area contributed by atoms with Gasteiger partial charge in [0.25, 0.3) is 0 Å². The van der Waals surface area contributed by atoms with Crippen LogP contribution in [0.2, 0.25) is 0 Å². The molecule has 4 heterocycles. The third-order valence-corrected chi connectivity index (χ3v) is 8.68. The molecule has 212 valence electrons. The third kappa shape index (κ3) is 3.88. The molecule has 9 aromatic rings. The van der Waals surface area contributed by atoms with Crippen molar-refractivity contribution in [3.8, 4) is 39.8 Å². The number of aromatic nitrogens is 4. The van der Waals surface area contributed by atoms with Crippen LogP contribution in [0.3, 0.4) is 0 Å². The molecule has 0 saturated carbocycles. The van der Waals surface area contributed by atoms with Gasteiger partial charge in [0.15, 0.2) is 0 Å². The molecule has 0 spiro atoms. The molecular weight excluding hydrogens is 552 g/mol. The van der Waals surface area contributed by atoms with E-state index in [0.717, 1.165) is 50.4 Å². The van der Waals surface area contributed by atoms with E-state index < -0.39 is 0 Å². The molecule has 0 amide bonds. The largest absolute Gasteiger partial charge is 0.507 e. The molecule has 4 aromatic heterocycles. The van der Waals surface area contributed by atoms with E-state index in [2.05, 4.69) is 100 Å². The zero-order valence-electron chi connectivity index (χ0n) is 24.2. The van der Waals surface area contributed by atoms with Gasteiger partial charge in [0.2, 0.25) is 0 Å². The number of phenols is 1. The average Bonchev–Trinajstić information content (AvgIpc) is 3.61. The van der Waals surface area contributed by atoms with Crippen LogP contribution >= 0.6 is 0 Å². The van der Waals surface area contributed by atoms with Crippen molar-refractivity contribution in [3.63, 3.8) is 0 Å². The number of benzene rings is 5. The van der Waals surface area contributed by atoms with Crippen molar-refractivity contribution in [2.45, 2.75) is 0 Å². The molecule has 0 radical (unpaired) electrons. The van der Waals surface area contributed by atoms with Crippen LogP contribution in [-0.4, -0.2) is 24.2 Å². The van der Waals surface area contributed by atoms with Crippen molar-refractivity contribution in [1.29, 1.82) is 0 Å². The monoisotopic (exact) mass is 578 g/mol. The molecule has 0 bridgehead atoms. The lowest BCUT2D eigenvalue weighted by Crippen LogP contribution is -1.97. The molecule has 0 aliphatic carbocycles. The fourth-order valence-electron chi connectivity index (χ4n) is 6.75. The molecule has 9 rings (SSSR count). The van der Waals surface area contributed by atoms with Crippen LogP contribution in [-0.2, 0) is 0 Å². The highest BCUT2D eigenvalue weighted by atomic mass is 16.3. The number of phenolic OH excluding ortho intramolecular Hbond substituents is 1. The summed E-state index contributed by atoms with van der Waals surface area (Å²) in [5, 5.41) is 15.3. The Bertz CT molecular complexity index is 2550. The van der Waals surface area contributed by atoms with Crippen molar-refractivity contribution in [2.24, 2.45) is 0 Å². The standard InChI is InChI=1S/C40H26N4O/c45-37-18-7-5-13-28(37)32-16-10-15-31(42-32)26-20-21-30-36(25-26)44(38-19-8-9-24-41-38)35-23-22-34-39(40(30)35)29-14-4-6-17-33(29)43(34)27-11-2-1-3-12-27/h1-25,45H. The number of pyridine rings is 2. The van der Waals surface area contributed by atoms with Gasteiger partial charge >= 0.3 is 0 Å². The van der Waals surface area contributed by atoms with Gasteiger partial charge in [-0.3, -0.25) is 4.57 Å². The summed E-state index contributed by atoms with van der Waals surface area (Å²) >= 11 is 0. The minimum atomic E-state index is 0.214. The highest BCUT2D eigenvalue weighted by Gasteiger charge is 2.21. The molecule has 45 heavy (non-hydrogen) atoms. The van der Waals surface area contributed by atoms with E-state index in [0.29, 0.717) is 5.56 Å². The summed E-state index contributed by atoms with van der Waals surface area (Å²) in [4.78, 5) is 9.77. The number of para-hydroxylation sites is 3. The smallest absolute Gasteiger partial charge is 0.137 e. The predicted octanol–water partition coefficient (Wildman–Crippen LogP) is 9.71. The normalized spacial score (nSPS) is 11.6. The summed E-state index contributed by atoms with van der Waals surface area (Å²) in [6.45, 7) is 0. The average molecular weight is 579 g/mol. The Morgan fingerprint density at radius 3 is 2.02 bits per heavy atom. The minimum Gasteiger partial charge on any atom is -0.507 e. The van der Waals surface area contributed by atoms with Crippen LogP contribution in [0.15, 0.2) is 152 Å². The number of nitrogens with zero attached hydrogens (tertiary/aromatic N) is 4. The first-order chi connectivity index (χ1) is 22.3. The second-order valence-electron chi connectivity index (χ2n) is 11.2. The number of hydrogen-bond acceptors (Lipinski definition) is 3. The van der Waals surface area contributed by atoms with Gasteiger partial charge in [-0.05, 0) is 72.8 Å². The van der Waals surface area contributed by atoms with E-state index in [-0.39, 0.29) is 5.75 Å². The molecule has 5 nitrogen and oxygen atoms in total. The summed E-state index contributed by atoms with van der Waals surface area (Å²) in [7, 11) is 0. The number of rotatable bonds is 4. The first-order valence-electron chi connectivity index (χ1n) is 15.0. The molecule has 0 fully saturated rings. The van der Waals surface area contributed by atoms with Gasteiger partial charge < -0.3 is 9.67 Å². The summed E-state index contributed by atoms with van der Waals surface area (Å²) in [6.07, 6.45) is 1.84. The molecule has 0 aliphatic heterocycles. The SMILES string of the molecule is Oc1ccccc1-c1cccc(-c2ccc3c4c5c6ccccc6n(-c6ccccc6)c5ccc4n(-c4ccccn4)c3c2)n1. The Balaban J connectivity index is 1.36. The number of fused-ring (bicyclic) bond motifs is 7. The first-order valence-corrected chi connectivity index (χ1v) is 15.0. The van der Waals surface area contributed by atoms with Crippen LogP contribution < -0.4 is 0 Å². The van der Waals surface area contributed by atoms with Gasteiger partial charge in [-0.2, -0.15) is 0 Å². The van der Waals surface area contributed by atoms with Gasteiger partial charge in [0, 0.05) is 44.6 Å². The highest BCUT2D eigenvalue weighted by molar-refractivity contribution is 6.29. The molecule has 5 heteroatoms. The maximum Gasteiger partial charge on any atom is 0.137 e. The van der Waals surface area contributed by atoms with Gasteiger partial charge in [-0.15, -0.1) is 0 Å². The topological polar surface area (TPSA) is 55.9 Å². The van der Waals surface area contributed by atoms with Crippen LogP contribution in [0.4, 0.5) is 0 Å². The zero-order chi connectivity index (χ0) is 29.9. The molecule has 0 aliphatic rings. The molecule has 5 aromatic carbocycles. The lowest BCUT2D eigenvalue weighted by molar-refractivity contribution is 0.477. The van der Waals surface area contributed by atoms with Gasteiger partial charge in [0.05, 0.1) is 33.5 Å². The lowest BCUT2D eigenvalue weighted by Gasteiger charge is -2.09. The van der Waals surface area contributed by atoms with Gasteiger partial charge in [-0.1, -0.05) is 72.8 Å². The van der Waals surface area contributed by atoms with E-state index in [9.17, 15) is 5.11 Å².